The number of aromatic nitrogens is 3. The van der Waals surface area contributed by atoms with Crippen molar-refractivity contribution in [2.45, 2.75) is 32.7 Å². The Morgan fingerprint density at radius 2 is 1.97 bits per heavy atom. The van der Waals surface area contributed by atoms with E-state index in [1.54, 1.807) is 19.2 Å². The molecule has 182 valence electrons. The molecular formula is C26H28N4O5. The predicted octanol–water partition coefficient (Wildman–Crippen LogP) is 4.13. The van der Waals surface area contributed by atoms with Gasteiger partial charge in [-0.05, 0) is 50.5 Å². The summed E-state index contributed by atoms with van der Waals surface area (Å²) in [6.07, 6.45) is 2.82. The first kappa shape index (κ1) is 22.8. The molecule has 0 radical (unpaired) electrons. The Hall–Kier alpha value is -4.01. The average molecular weight is 477 g/mol. The fraction of sp³-hybridized carbons (Fsp3) is 0.346. The molecule has 1 saturated heterocycles. The molecule has 3 heterocycles. The second-order valence-electron chi connectivity index (χ2n) is 8.82. The normalized spacial score (nSPS) is 14.5. The van der Waals surface area contributed by atoms with Gasteiger partial charge in [0.05, 0.1) is 36.0 Å². The SMILES string of the molecule is CCOc1cc2ncc(C(=O)O)c(N3CCC(n4c(=O)[nH]c5cc(C)ccc54)CC3)c2cc1OC. The maximum Gasteiger partial charge on any atom is 0.339 e. The summed E-state index contributed by atoms with van der Waals surface area (Å²) in [5, 5.41) is 10.6. The van der Waals surface area contributed by atoms with Gasteiger partial charge in [-0.25, -0.2) is 9.59 Å². The Morgan fingerprint density at radius 1 is 1.20 bits per heavy atom. The van der Waals surface area contributed by atoms with Crippen molar-refractivity contribution in [3.05, 3.63) is 58.1 Å². The first-order valence-electron chi connectivity index (χ1n) is 11.7. The number of nitrogens with zero attached hydrogens (tertiary/aromatic N) is 3. The number of aromatic carboxylic acids is 1. The van der Waals surface area contributed by atoms with E-state index in [-0.39, 0.29) is 17.3 Å². The van der Waals surface area contributed by atoms with E-state index in [9.17, 15) is 14.7 Å². The number of piperidine rings is 1. The van der Waals surface area contributed by atoms with E-state index in [4.69, 9.17) is 9.47 Å². The number of benzene rings is 2. The van der Waals surface area contributed by atoms with E-state index in [0.717, 1.165) is 16.6 Å². The number of carboxylic acid groups (broad SMARTS) is 1. The molecule has 0 unspecified atom stereocenters. The minimum Gasteiger partial charge on any atom is -0.493 e. The number of carboxylic acids is 1. The number of aromatic amines is 1. The third-order valence-electron chi connectivity index (χ3n) is 6.67. The van der Waals surface area contributed by atoms with Gasteiger partial charge in [0.15, 0.2) is 11.5 Å². The molecule has 0 atom stereocenters. The number of rotatable bonds is 6. The molecule has 1 aliphatic rings. The van der Waals surface area contributed by atoms with Crippen molar-refractivity contribution in [1.29, 1.82) is 0 Å². The van der Waals surface area contributed by atoms with Crippen molar-refractivity contribution in [2.24, 2.45) is 0 Å². The van der Waals surface area contributed by atoms with Gasteiger partial charge in [-0.2, -0.15) is 0 Å². The molecule has 0 aliphatic carbocycles. The van der Waals surface area contributed by atoms with Crippen LogP contribution in [0.2, 0.25) is 0 Å². The number of H-pyrrole nitrogens is 1. The van der Waals surface area contributed by atoms with Crippen LogP contribution < -0.4 is 20.1 Å². The van der Waals surface area contributed by atoms with Crippen LogP contribution in [0, 0.1) is 6.92 Å². The highest BCUT2D eigenvalue weighted by Crippen LogP contribution is 2.39. The van der Waals surface area contributed by atoms with Crippen molar-refractivity contribution in [1.82, 2.24) is 14.5 Å². The Morgan fingerprint density at radius 3 is 2.66 bits per heavy atom. The van der Waals surface area contributed by atoms with Gasteiger partial charge >= 0.3 is 11.7 Å². The zero-order chi connectivity index (χ0) is 24.7. The molecule has 0 spiro atoms. The third kappa shape index (κ3) is 3.96. The molecular weight excluding hydrogens is 448 g/mol. The maximum atomic E-state index is 12.8. The zero-order valence-electron chi connectivity index (χ0n) is 20.0. The molecule has 0 bridgehead atoms. The minimum absolute atomic E-state index is 0.0238. The number of nitrogens with one attached hydrogen (secondary N) is 1. The van der Waals surface area contributed by atoms with E-state index in [0.29, 0.717) is 60.6 Å². The smallest absolute Gasteiger partial charge is 0.339 e. The molecule has 35 heavy (non-hydrogen) atoms. The molecule has 1 fully saturated rings. The fourth-order valence-electron chi connectivity index (χ4n) is 5.07. The lowest BCUT2D eigenvalue weighted by Gasteiger charge is -2.35. The number of fused-ring (bicyclic) bond motifs is 2. The minimum atomic E-state index is -1.03. The van der Waals surface area contributed by atoms with E-state index in [1.165, 1.54) is 6.20 Å². The maximum absolute atomic E-state index is 12.8. The molecule has 9 nitrogen and oxygen atoms in total. The monoisotopic (exact) mass is 476 g/mol. The second kappa shape index (κ2) is 8.98. The summed E-state index contributed by atoms with van der Waals surface area (Å²) in [4.78, 5) is 34.3. The standard InChI is InChI=1S/C26H28N4O5/c1-4-35-23-13-19-17(12-22(23)34-3)24(18(14-27-19)25(31)32)29-9-7-16(8-10-29)30-21-6-5-15(2)11-20(21)28-26(30)33/h5-6,11-14,16H,4,7-10H2,1-3H3,(H,28,33)(H,31,32). The van der Waals surface area contributed by atoms with Gasteiger partial charge in [0.2, 0.25) is 0 Å². The number of imidazole rings is 1. The Balaban J connectivity index is 1.52. The average Bonchev–Trinajstić information content (AvgIpc) is 3.17. The number of hydrogen-bond acceptors (Lipinski definition) is 6. The van der Waals surface area contributed by atoms with Gasteiger partial charge in [-0.15, -0.1) is 0 Å². The lowest BCUT2D eigenvalue weighted by molar-refractivity contribution is 0.0697. The Bertz CT molecular complexity index is 1480. The Kier molecular flexibility index (Phi) is 5.84. The Labute approximate surface area is 201 Å². The van der Waals surface area contributed by atoms with Crippen molar-refractivity contribution in [3.8, 4) is 11.5 Å². The molecule has 2 aromatic carbocycles. The zero-order valence-corrected chi connectivity index (χ0v) is 20.0. The third-order valence-corrected chi connectivity index (χ3v) is 6.67. The molecule has 5 rings (SSSR count). The van der Waals surface area contributed by atoms with Gasteiger partial charge in [-0.1, -0.05) is 6.07 Å². The van der Waals surface area contributed by atoms with Crippen LogP contribution in [-0.2, 0) is 0 Å². The number of methoxy groups -OCH3 is 1. The molecule has 9 heteroatoms. The van der Waals surface area contributed by atoms with Gasteiger partial charge < -0.3 is 24.5 Å². The van der Waals surface area contributed by atoms with E-state index < -0.39 is 5.97 Å². The van der Waals surface area contributed by atoms with Crippen molar-refractivity contribution in [2.75, 3.05) is 31.7 Å². The molecule has 2 N–H and O–H groups in total. The molecule has 0 saturated carbocycles. The van der Waals surface area contributed by atoms with Crippen LogP contribution in [0.25, 0.3) is 21.9 Å². The molecule has 1 aliphatic heterocycles. The number of carbonyl (C=O) groups is 1. The van der Waals surface area contributed by atoms with E-state index in [2.05, 4.69) is 14.9 Å². The second-order valence-corrected chi connectivity index (χ2v) is 8.82. The largest absolute Gasteiger partial charge is 0.493 e. The van der Waals surface area contributed by atoms with Crippen LogP contribution in [0.4, 0.5) is 5.69 Å². The molecule has 4 aromatic rings. The highest BCUT2D eigenvalue weighted by atomic mass is 16.5. The lowest BCUT2D eigenvalue weighted by Crippen LogP contribution is -2.37. The number of aryl methyl sites for hydroxylation is 1. The molecule has 0 amide bonds. The summed E-state index contributed by atoms with van der Waals surface area (Å²) in [6, 6.07) is 9.58. The van der Waals surface area contributed by atoms with Crippen LogP contribution in [0.5, 0.6) is 11.5 Å². The first-order chi connectivity index (χ1) is 16.9. The fourth-order valence-corrected chi connectivity index (χ4v) is 5.07. The number of pyridine rings is 1. The first-order valence-corrected chi connectivity index (χ1v) is 11.7. The number of anilines is 1. The summed E-state index contributed by atoms with van der Waals surface area (Å²) in [7, 11) is 1.56. The number of ether oxygens (including phenoxy) is 2. The molecule has 2 aromatic heterocycles. The van der Waals surface area contributed by atoms with Gasteiger partial charge in [0.25, 0.3) is 0 Å². The highest BCUT2D eigenvalue weighted by molar-refractivity contribution is 6.05. The van der Waals surface area contributed by atoms with Crippen molar-refractivity contribution >= 4 is 33.6 Å². The predicted molar refractivity (Wildman–Crippen MR) is 134 cm³/mol. The summed E-state index contributed by atoms with van der Waals surface area (Å²) in [5.41, 5.74) is 4.11. The van der Waals surface area contributed by atoms with Gasteiger partial charge in [-0.3, -0.25) is 9.55 Å². The summed E-state index contributed by atoms with van der Waals surface area (Å²) < 4.78 is 13.0. The van der Waals surface area contributed by atoms with E-state index >= 15 is 0 Å². The van der Waals surface area contributed by atoms with Crippen LogP contribution in [-0.4, -0.2) is 52.4 Å². The van der Waals surface area contributed by atoms with Crippen LogP contribution in [0.1, 0.15) is 41.7 Å². The van der Waals surface area contributed by atoms with Crippen LogP contribution in [0.3, 0.4) is 0 Å². The van der Waals surface area contributed by atoms with E-state index in [1.807, 2.05) is 36.6 Å². The van der Waals surface area contributed by atoms with Crippen LogP contribution in [0.15, 0.2) is 41.3 Å². The quantitative estimate of drug-likeness (QED) is 0.431. The number of hydrogen-bond donors (Lipinski definition) is 2. The van der Waals surface area contributed by atoms with Crippen LogP contribution >= 0.6 is 0 Å². The van der Waals surface area contributed by atoms with Crippen molar-refractivity contribution < 1.29 is 19.4 Å². The highest BCUT2D eigenvalue weighted by Gasteiger charge is 2.28. The van der Waals surface area contributed by atoms with Gasteiger partial charge in [0.1, 0.15) is 5.56 Å². The summed E-state index contributed by atoms with van der Waals surface area (Å²) >= 11 is 0. The topological polar surface area (TPSA) is 110 Å². The van der Waals surface area contributed by atoms with Crippen molar-refractivity contribution in [3.63, 3.8) is 0 Å². The summed E-state index contributed by atoms with van der Waals surface area (Å²) in [5.74, 6) is 0.0599. The lowest BCUT2D eigenvalue weighted by atomic mass is 10.0. The summed E-state index contributed by atoms with van der Waals surface area (Å²) in [6.45, 7) is 5.57. The van der Waals surface area contributed by atoms with Gasteiger partial charge in [0, 0.05) is 36.8 Å².